The molecule has 0 aliphatic carbocycles. The third kappa shape index (κ3) is 23.4. The Morgan fingerprint density at radius 2 is 0.793 bits per heavy atom. The first-order valence-corrected chi connectivity index (χ1v) is 13.2. The molecule has 0 aliphatic heterocycles. The SMILES string of the molecule is CCCCCCCCCCCCN(C=CC=O)CCCCCCCCCCCC. The third-order valence-corrected chi connectivity index (χ3v) is 5.97. The van der Waals surface area contributed by atoms with Crippen LogP contribution < -0.4 is 0 Å². The lowest BCUT2D eigenvalue weighted by atomic mass is 10.1. The first-order chi connectivity index (χ1) is 14.3. The molecule has 2 nitrogen and oxygen atoms in total. The van der Waals surface area contributed by atoms with E-state index in [-0.39, 0.29) is 0 Å². The van der Waals surface area contributed by atoms with Gasteiger partial charge in [0.05, 0.1) is 0 Å². The van der Waals surface area contributed by atoms with Crippen LogP contribution in [0, 0.1) is 0 Å². The zero-order valence-electron chi connectivity index (χ0n) is 20.1. The van der Waals surface area contributed by atoms with Gasteiger partial charge in [-0.2, -0.15) is 0 Å². The van der Waals surface area contributed by atoms with E-state index in [9.17, 15) is 4.79 Å². The highest BCUT2D eigenvalue weighted by Gasteiger charge is 2.00. The standard InChI is InChI=1S/C27H53NO/c1-3-5-7-9-11-13-15-17-19-21-24-28(26-23-27-29)25-22-20-18-16-14-12-10-8-6-4-2/h23,26-27H,3-22,24-25H2,1-2H3. The summed E-state index contributed by atoms with van der Waals surface area (Å²) in [6.07, 6.45) is 32.2. The summed E-state index contributed by atoms with van der Waals surface area (Å²) in [5, 5.41) is 0. The van der Waals surface area contributed by atoms with Crippen molar-refractivity contribution in [2.45, 2.75) is 142 Å². The van der Waals surface area contributed by atoms with Crippen LogP contribution >= 0.6 is 0 Å². The molecule has 0 aromatic carbocycles. The van der Waals surface area contributed by atoms with Crippen molar-refractivity contribution >= 4 is 6.29 Å². The molecular formula is C27H53NO. The third-order valence-electron chi connectivity index (χ3n) is 5.97. The topological polar surface area (TPSA) is 20.3 Å². The molecule has 0 rings (SSSR count). The largest absolute Gasteiger partial charge is 0.377 e. The summed E-state index contributed by atoms with van der Waals surface area (Å²) in [6, 6.07) is 0. The lowest BCUT2D eigenvalue weighted by Crippen LogP contribution is -2.20. The molecule has 0 radical (unpaired) electrons. The van der Waals surface area contributed by atoms with Gasteiger partial charge in [0.15, 0.2) is 0 Å². The summed E-state index contributed by atoms with van der Waals surface area (Å²) in [6.45, 7) is 6.78. The number of rotatable bonds is 24. The molecule has 0 N–H and O–H groups in total. The molecule has 0 bridgehead atoms. The van der Waals surface area contributed by atoms with Gasteiger partial charge in [-0.15, -0.1) is 0 Å². The quantitative estimate of drug-likeness (QED) is 0.0904. The molecule has 0 unspecified atom stereocenters. The van der Waals surface area contributed by atoms with Crippen LogP contribution in [-0.2, 0) is 4.79 Å². The van der Waals surface area contributed by atoms with Crippen molar-refractivity contribution in [3.63, 3.8) is 0 Å². The highest BCUT2D eigenvalue weighted by atomic mass is 16.1. The number of unbranched alkanes of at least 4 members (excludes halogenated alkanes) is 18. The Morgan fingerprint density at radius 1 is 0.483 bits per heavy atom. The van der Waals surface area contributed by atoms with E-state index in [1.807, 2.05) is 6.20 Å². The van der Waals surface area contributed by atoms with Crippen LogP contribution in [0.4, 0.5) is 0 Å². The average Bonchev–Trinajstić information content (AvgIpc) is 2.74. The first kappa shape index (κ1) is 28.2. The van der Waals surface area contributed by atoms with Crippen LogP contribution in [-0.4, -0.2) is 24.3 Å². The second-order valence-electron chi connectivity index (χ2n) is 8.88. The lowest BCUT2D eigenvalue weighted by Gasteiger charge is -2.20. The van der Waals surface area contributed by atoms with Crippen molar-refractivity contribution in [3.8, 4) is 0 Å². The highest BCUT2D eigenvalue weighted by Crippen LogP contribution is 2.13. The number of allylic oxidation sites excluding steroid dienone is 1. The van der Waals surface area contributed by atoms with Gasteiger partial charge >= 0.3 is 0 Å². The Morgan fingerprint density at radius 3 is 1.10 bits per heavy atom. The monoisotopic (exact) mass is 407 g/mol. The van der Waals surface area contributed by atoms with E-state index in [1.165, 1.54) is 128 Å². The number of hydrogen-bond acceptors (Lipinski definition) is 2. The van der Waals surface area contributed by atoms with Crippen molar-refractivity contribution in [2.24, 2.45) is 0 Å². The van der Waals surface area contributed by atoms with Crippen molar-refractivity contribution in [1.29, 1.82) is 0 Å². The van der Waals surface area contributed by atoms with E-state index in [0.717, 1.165) is 19.4 Å². The molecule has 0 fully saturated rings. The van der Waals surface area contributed by atoms with Gasteiger partial charge in [0.1, 0.15) is 6.29 Å². The van der Waals surface area contributed by atoms with Crippen LogP contribution in [0.25, 0.3) is 0 Å². The van der Waals surface area contributed by atoms with Gasteiger partial charge in [0, 0.05) is 19.3 Å². The van der Waals surface area contributed by atoms with E-state index >= 15 is 0 Å². The normalized spacial score (nSPS) is 11.4. The fourth-order valence-electron chi connectivity index (χ4n) is 4.02. The molecule has 0 saturated heterocycles. The number of carbonyl (C=O) groups excluding carboxylic acids is 1. The first-order valence-electron chi connectivity index (χ1n) is 13.2. The van der Waals surface area contributed by atoms with Gasteiger partial charge in [0.2, 0.25) is 0 Å². The maximum absolute atomic E-state index is 10.7. The minimum Gasteiger partial charge on any atom is -0.377 e. The van der Waals surface area contributed by atoms with Crippen LogP contribution in [0.3, 0.4) is 0 Å². The molecule has 0 heterocycles. The molecule has 0 aromatic rings. The molecular weight excluding hydrogens is 354 g/mol. The van der Waals surface area contributed by atoms with Gasteiger partial charge in [-0.25, -0.2) is 0 Å². The van der Waals surface area contributed by atoms with Crippen molar-refractivity contribution in [3.05, 3.63) is 12.3 Å². The Hall–Kier alpha value is -0.790. The molecule has 0 atom stereocenters. The second-order valence-corrected chi connectivity index (χ2v) is 8.88. The van der Waals surface area contributed by atoms with E-state index in [2.05, 4.69) is 18.7 Å². The van der Waals surface area contributed by atoms with Crippen molar-refractivity contribution in [1.82, 2.24) is 4.90 Å². The molecule has 2 heteroatoms. The fraction of sp³-hybridized carbons (Fsp3) is 0.889. The zero-order valence-corrected chi connectivity index (χ0v) is 20.1. The van der Waals surface area contributed by atoms with Crippen molar-refractivity contribution < 1.29 is 4.79 Å². The molecule has 0 aromatic heterocycles. The van der Waals surface area contributed by atoms with Crippen LogP contribution in [0.2, 0.25) is 0 Å². The van der Waals surface area contributed by atoms with Gasteiger partial charge in [-0.05, 0) is 18.9 Å². The van der Waals surface area contributed by atoms with Gasteiger partial charge < -0.3 is 4.90 Å². The number of aldehydes is 1. The number of hydrogen-bond donors (Lipinski definition) is 0. The summed E-state index contributed by atoms with van der Waals surface area (Å²) in [5.74, 6) is 0. The Bertz CT molecular complexity index is 315. The molecule has 0 spiro atoms. The number of carbonyl (C=O) groups is 1. The second kappa shape index (κ2) is 25.2. The van der Waals surface area contributed by atoms with Crippen LogP contribution in [0.15, 0.2) is 12.3 Å². The molecule has 172 valence electrons. The summed E-state index contributed by atoms with van der Waals surface area (Å²) in [5.41, 5.74) is 0. The summed E-state index contributed by atoms with van der Waals surface area (Å²) in [7, 11) is 0. The van der Waals surface area contributed by atoms with Crippen LogP contribution in [0.1, 0.15) is 142 Å². The maximum atomic E-state index is 10.7. The smallest absolute Gasteiger partial charge is 0.144 e. The van der Waals surface area contributed by atoms with Gasteiger partial charge in [-0.1, -0.05) is 129 Å². The molecule has 0 saturated carbocycles. The minimum atomic E-state index is 0.907. The lowest BCUT2D eigenvalue weighted by molar-refractivity contribution is -0.104. The summed E-state index contributed by atoms with van der Waals surface area (Å²) < 4.78 is 0. The minimum absolute atomic E-state index is 0.907. The highest BCUT2D eigenvalue weighted by molar-refractivity contribution is 5.64. The Kier molecular flexibility index (Phi) is 24.6. The molecule has 0 amide bonds. The van der Waals surface area contributed by atoms with Crippen molar-refractivity contribution in [2.75, 3.05) is 13.1 Å². The number of nitrogens with zero attached hydrogens (tertiary/aromatic N) is 1. The van der Waals surface area contributed by atoms with E-state index in [4.69, 9.17) is 0 Å². The van der Waals surface area contributed by atoms with Crippen LogP contribution in [0.5, 0.6) is 0 Å². The molecule has 29 heavy (non-hydrogen) atoms. The van der Waals surface area contributed by atoms with E-state index in [1.54, 1.807) is 6.08 Å². The Balaban J connectivity index is 3.57. The predicted octanol–water partition coefficient (Wildman–Crippen LogP) is 8.84. The van der Waals surface area contributed by atoms with Gasteiger partial charge in [0.25, 0.3) is 0 Å². The summed E-state index contributed by atoms with van der Waals surface area (Å²) in [4.78, 5) is 13.0. The predicted molar refractivity (Wildman–Crippen MR) is 130 cm³/mol. The maximum Gasteiger partial charge on any atom is 0.144 e. The van der Waals surface area contributed by atoms with Gasteiger partial charge in [-0.3, -0.25) is 4.79 Å². The Labute approximate surface area is 183 Å². The average molecular weight is 408 g/mol. The van der Waals surface area contributed by atoms with E-state index < -0.39 is 0 Å². The fourth-order valence-corrected chi connectivity index (χ4v) is 4.02. The van der Waals surface area contributed by atoms with E-state index in [0.29, 0.717) is 0 Å². The molecule has 0 aliphatic rings. The summed E-state index contributed by atoms with van der Waals surface area (Å²) >= 11 is 0. The zero-order chi connectivity index (χ0) is 21.3.